The number of benzene rings is 2. The summed E-state index contributed by atoms with van der Waals surface area (Å²) in [6, 6.07) is 17.4. The van der Waals surface area contributed by atoms with Crippen molar-refractivity contribution in [3.63, 3.8) is 0 Å². The van der Waals surface area contributed by atoms with E-state index >= 15 is 0 Å². The van der Waals surface area contributed by atoms with Gasteiger partial charge in [-0.15, -0.1) is 0 Å². The van der Waals surface area contributed by atoms with Crippen LogP contribution in [0.1, 0.15) is 21.5 Å². The lowest BCUT2D eigenvalue weighted by Gasteiger charge is -2.07. The molecule has 0 bridgehead atoms. The first-order valence-electron chi connectivity index (χ1n) is 9.04. The minimum Gasteiger partial charge on any atom is -0.348 e. The second kappa shape index (κ2) is 9.28. The Bertz CT molecular complexity index is 1060. The van der Waals surface area contributed by atoms with Crippen molar-refractivity contribution in [3.8, 4) is 0 Å². The highest BCUT2D eigenvalue weighted by Crippen LogP contribution is 2.14. The summed E-state index contributed by atoms with van der Waals surface area (Å²) in [5, 5.41) is 3.92. The molecule has 0 saturated carbocycles. The Hall–Kier alpha value is -3.72. The Morgan fingerprint density at radius 1 is 1.07 bits per heavy atom. The third-order valence-corrected chi connectivity index (χ3v) is 4.23. The van der Waals surface area contributed by atoms with Crippen LogP contribution in [0.2, 0.25) is 0 Å². The monoisotopic (exact) mass is 366 g/mol. The normalized spacial score (nSPS) is 11.1. The molecular weight excluding hydrogens is 344 g/mol. The molecule has 0 aliphatic carbocycles. The number of hydrogen-bond donors (Lipinski definition) is 1. The van der Waals surface area contributed by atoms with Crippen molar-refractivity contribution in [2.45, 2.75) is 6.54 Å². The molecule has 0 fully saturated rings. The fourth-order valence-electron chi connectivity index (χ4n) is 2.70. The van der Waals surface area contributed by atoms with Crippen molar-refractivity contribution in [1.29, 1.82) is 0 Å². The molecule has 28 heavy (non-hydrogen) atoms. The van der Waals surface area contributed by atoms with E-state index in [1.54, 1.807) is 18.3 Å². The van der Waals surface area contributed by atoms with Crippen LogP contribution in [0.25, 0.3) is 17.0 Å². The van der Waals surface area contributed by atoms with Crippen LogP contribution in [0.3, 0.4) is 0 Å². The SMILES string of the molecule is C=C/C=C\C(=C)/C=C\c1ccc(CNC(=O)c2ccc3ncccc3c2)cc1. The van der Waals surface area contributed by atoms with Gasteiger partial charge in [-0.3, -0.25) is 9.78 Å². The number of nitrogens with zero attached hydrogens (tertiary/aromatic N) is 1. The predicted octanol–water partition coefficient (Wildman–Crippen LogP) is 5.48. The third kappa shape index (κ3) is 5.15. The zero-order chi connectivity index (χ0) is 19.8. The van der Waals surface area contributed by atoms with Crippen LogP contribution in [-0.2, 0) is 6.54 Å². The Kier molecular flexibility index (Phi) is 6.32. The second-order valence-corrected chi connectivity index (χ2v) is 6.34. The molecule has 0 radical (unpaired) electrons. The molecule has 0 spiro atoms. The molecule has 0 atom stereocenters. The summed E-state index contributed by atoms with van der Waals surface area (Å²) >= 11 is 0. The molecule has 0 unspecified atom stereocenters. The first kappa shape index (κ1) is 19.1. The van der Waals surface area contributed by atoms with Gasteiger partial charge in [0.05, 0.1) is 5.52 Å². The highest BCUT2D eigenvalue weighted by atomic mass is 16.1. The van der Waals surface area contributed by atoms with Gasteiger partial charge in [0.25, 0.3) is 5.91 Å². The second-order valence-electron chi connectivity index (χ2n) is 6.34. The number of carbonyl (C=O) groups is 1. The molecule has 0 aliphatic heterocycles. The molecule has 3 aromatic rings. The maximum Gasteiger partial charge on any atom is 0.251 e. The molecule has 1 aromatic heterocycles. The highest BCUT2D eigenvalue weighted by molar-refractivity contribution is 5.97. The fraction of sp³-hybridized carbons (Fsp3) is 0.0400. The fourth-order valence-corrected chi connectivity index (χ4v) is 2.70. The van der Waals surface area contributed by atoms with E-state index in [2.05, 4.69) is 23.5 Å². The largest absolute Gasteiger partial charge is 0.348 e. The van der Waals surface area contributed by atoms with Crippen molar-refractivity contribution in [3.05, 3.63) is 121 Å². The van der Waals surface area contributed by atoms with Gasteiger partial charge in [-0.05, 0) is 41.0 Å². The number of fused-ring (bicyclic) bond motifs is 1. The molecule has 2 aromatic carbocycles. The summed E-state index contributed by atoms with van der Waals surface area (Å²) < 4.78 is 0. The lowest BCUT2D eigenvalue weighted by Crippen LogP contribution is -2.22. The van der Waals surface area contributed by atoms with Gasteiger partial charge in [0, 0.05) is 23.7 Å². The van der Waals surface area contributed by atoms with Crippen molar-refractivity contribution in [2.75, 3.05) is 0 Å². The first-order valence-corrected chi connectivity index (χ1v) is 9.04. The zero-order valence-corrected chi connectivity index (χ0v) is 15.6. The molecule has 0 saturated heterocycles. The van der Waals surface area contributed by atoms with Gasteiger partial charge in [0.1, 0.15) is 0 Å². The van der Waals surface area contributed by atoms with E-state index < -0.39 is 0 Å². The predicted molar refractivity (Wildman–Crippen MR) is 117 cm³/mol. The average molecular weight is 366 g/mol. The van der Waals surface area contributed by atoms with Crippen molar-refractivity contribution in [2.24, 2.45) is 0 Å². The Labute approximate surface area is 165 Å². The number of aromatic nitrogens is 1. The molecular formula is C25H22N2O. The van der Waals surface area contributed by atoms with Gasteiger partial charge in [0.2, 0.25) is 0 Å². The summed E-state index contributed by atoms with van der Waals surface area (Å²) in [5.41, 5.74) is 4.53. The zero-order valence-electron chi connectivity index (χ0n) is 15.6. The molecule has 138 valence electrons. The number of hydrogen-bond acceptors (Lipinski definition) is 2. The molecule has 3 rings (SSSR count). The minimum atomic E-state index is -0.0972. The first-order chi connectivity index (χ1) is 13.7. The van der Waals surface area contributed by atoms with Gasteiger partial charge >= 0.3 is 0 Å². The number of nitrogens with one attached hydrogen (secondary N) is 1. The van der Waals surface area contributed by atoms with Gasteiger partial charge in [0.15, 0.2) is 0 Å². The minimum absolute atomic E-state index is 0.0972. The number of carbonyl (C=O) groups excluding carboxylic acids is 1. The summed E-state index contributed by atoms with van der Waals surface area (Å²) in [5.74, 6) is -0.0972. The molecule has 3 nitrogen and oxygen atoms in total. The van der Waals surface area contributed by atoms with E-state index in [4.69, 9.17) is 0 Å². The summed E-state index contributed by atoms with van der Waals surface area (Å²) in [6.07, 6.45) is 11.2. The van der Waals surface area contributed by atoms with E-state index in [0.717, 1.165) is 27.6 Å². The molecule has 3 heteroatoms. The Morgan fingerprint density at radius 3 is 2.68 bits per heavy atom. The Morgan fingerprint density at radius 2 is 1.89 bits per heavy atom. The summed E-state index contributed by atoms with van der Waals surface area (Å²) in [7, 11) is 0. The topological polar surface area (TPSA) is 42.0 Å². The van der Waals surface area contributed by atoms with Gasteiger partial charge in [-0.2, -0.15) is 0 Å². The number of allylic oxidation sites excluding steroid dienone is 5. The van der Waals surface area contributed by atoms with Crippen LogP contribution in [0.4, 0.5) is 0 Å². The number of amides is 1. The smallest absolute Gasteiger partial charge is 0.251 e. The van der Waals surface area contributed by atoms with Crippen LogP contribution in [0.15, 0.2) is 104 Å². The van der Waals surface area contributed by atoms with E-state index in [9.17, 15) is 4.79 Å². The van der Waals surface area contributed by atoms with Crippen LogP contribution >= 0.6 is 0 Å². The average Bonchev–Trinajstić information content (AvgIpc) is 2.74. The van der Waals surface area contributed by atoms with E-state index in [-0.39, 0.29) is 5.91 Å². The van der Waals surface area contributed by atoms with Crippen LogP contribution in [0.5, 0.6) is 0 Å². The van der Waals surface area contributed by atoms with Gasteiger partial charge in [-0.25, -0.2) is 0 Å². The van der Waals surface area contributed by atoms with Crippen LogP contribution in [-0.4, -0.2) is 10.9 Å². The lowest BCUT2D eigenvalue weighted by atomic mass is 10.1. The Balaban J connectivity index is 1.58. The molecule has 1 amide bonds. The maximum absolute atomic E-state index is 12.4. The summed E-state index contributed by atoms with van der Waals surface area (Å²) in [6.45, 7) is 8.06. The van der Waals surface area contributed by atoms with E-state index in [1.807, 2.05) is 72.8 Å². The number of rotatable bonds is 7. The van der Waals surface area contributed by atoms with Crippen LogP contribution < -0.4 is 5.32 Å². The van der Waals surface area contributed by atoms with Crippen molar-refractivity contribution >= 4 is 22.9 Å². The van der Waals surface area contributed by atoms with Gasteiger partial charge in [-0.1, -0.05) is 73.9 Å². The third-order valence-electron chi connectivity index (χ3n) is 4.23. The number of pyridine rings is 1. The summed E-state index contributed by atoms with van der Waals surface area (Å²) in [4.78, 5) is 16.7. The lowest BCUT2D eigenvalue weighted by molar-refractivity contribution is 0.0951. The maximum atomic E-state index is 12.4. The van der Waals surface area contributed by atoms with Crippen molar-refractivity contribution < 1.29 is 4.79 Å². The van der Waals surface area contributed by atoms with Crippen molar-refractivity contribution in [1.82, 2.24) is 10.3 Å². The highest BCUT2D eigenvalue weighted by Gasteiger charge is 2.06. The van der Waals surface area contributed by atoms with Gasteiger partial charge < -0.3 is 5.32 Å². The molecule has 1 heterocycles. The van der Waals surface area contributed by atoms with Crippen LogP contribution in [0, 0.1) is 0 Å². The van der Waals surface area contributed by atoms with E-state index in [0.29, 0.717) is 12.1 Å². The molecule has 1 N–H and O–H groups in total. The van der Waals surface area contributed by atoms with E-state index in [1.165, 1.54) is 0 Å². The quantitative estimate of drug-likeness (QED) is 0.563. The standard InChI is InChI=1S/C25H22N2O/c1-3-4-6-19(2)8-9-20-10-12-21(13-11-20)18-27-25(28)23-14-15-24-22(17-23)7-5-16-26-24/h3-17H,1-2,18H2,(H,27,28)/b6-4-,9-8-. The molecule has 0 aliphatic rings.